The fourth-order valence-corrected chi connectivity index (χ4v) is 3.71. The van der Waals surface area contributed by atoms with E-state index in [4.69, 9.17) is 0 Å². The van der Waals surface area contributed by atoms with Crippen molar-refractivity contribution in [1.82, 2.24) is 15.1 Å². The molecule has 0 aliphatic heterocycles. The number of amides is 2. The van der Waals surface area contributed by atoms with Crippen LogP contribution in [0.25, 0.3) is 0 Å². The van der Waals surface area contributed by atoms with Crippen molar-refractivity contribution in [2.45, 2.75) is 25.1 Å². The van der Waals surface area contributed by atoms with Gasteiger partial charge in [0.25, 0.3) is 0 Å². The molecule has 0 unspecified atom stereocenters. The number of carbonyl (C=O) groups excluding carboxylic acids is 2. The van der Waals surface area contributed by atoms with Gasteiger partial charge in [0.15, 0.2) is 4.34 Å². The largest absolute Gasteiger partial charge is 0.360 e. The lowest BCUT2D eigenvalue weighted by Gasteiger charge is -2.16. The zero-order valence-electron chi connectivity index (χ0n) is 16.0. The van der Waals surface area contributed by atoms with E-state index in [-0.39, 0.29) is 24.1 Å². The lowest BCUT2D eigenvalue weighted by Crippen LogP contribution is -2.35. The fraction of sp³-hybridized carbons (Fsp3) is 0.444. The molecule has 1 aromatic heterocycles. The molecule has 7 nitrogen and oxygen atoms in total. The normalized spacial score (nSPS) is 10.7. The Hall–Kier alpha value is -2.13. The molecule has 0 fully saturated rings. The predicted octanol–water partition coefficient (Wildman–Crippen LogP) is 3.10. The predicted molar refractivity (Wildman–Crippen MR) is 111 cm³/mol. The molecule has 0 saturated heterocycles. The highest BCUT2D eigenvalue weighted by molar-refractivity contribution is 8.01. The van der Waals surface area contributed by atoms with Crippen LogP contribution in [0, 0.1) is 12.8 Å². The number of aryl methyl sites for hydroxylation is 1. The van der Waals surface area contributed by atoms with Gasteiger partial charge in [-0.3, -0.25) is 9.59 Å². The molecule has 2 aromatic rings. The first kappa shape index (κ1) is 21.2. The van der Waals surface area contributed by atoms with Gasteiger partial charge >= 0.3 is 0 Å². The Balaban J connectivity index is 1.74. The summed E-state index contributed by atoms with van der Waals surface area (Å²) >= 11 is 2.75. The molecule has 1 aromatic carbocycles. The first-order valence-corrected chi connectivity index (χ1v) is 10.4. The number of hydrogen-bond acceptors (Lipinski definition) is 7. The summed E-state index contributed by atoms with van der Waals surface area (Å²) in [5.74, 6) is 0.376. The van der Waals surface area contributed by atoms with Gasteiger partial charge in [-0.25, -0.2) is 0 Å². The molecule has 2 N–H and O–H groups in total. The Kier molecular flexibility index (Phi) is 8.05. The first-order valence-electron chi connectivity index (χ1n) is 8.64. The lowest BCUT2D eigenvalue weighted by molar-refractivity contribution is -0.131. The van der Waals surface area contributed by atoms with E-state index in [1.54, 1.807) is 7.05 Å². The summed E-state index contributed by atoms with van der Waals surface area (Å²) in [5, 5.41) is 14.9. The van der Waals surface area contributed by atoms with Crippen molar-refractivity contribution in [2.75, 3.05) is 36.5 Å². The second-order valence-corrected chi connectivity index (χ2v) is 8.80. The van der Waals surface area contributed by atoms with E-state index in [1.165, 1.54) is 28.0 Å². The third-order valence-corrected chi connectivity index (χ3v) is 5.53. The summed E-state index contributed by atoms with van der Waals surface area (Å²) < 4.78 is 0.729. The number of nitrogens with one attached hydrogen (secondary N) is 2. The number of aromatic nitrogens is 2. The summed E-state index contributed by atoms with van der Waals surface area (Å²) in [6.07, 6.45) is 0. The minimum absolute atomic E-state index is 0.00455. The summed E-state index contributed by atoms with van der Waals surface area (Å²) in [7, 11) is 1.62. The fourth-order valence-electron chi connectivity index (χ4n) is 2.01. The van der Waals surface area contributed by atoms with E-state index >= 15 is 0 Å². The van der Waals surface area contributed by atoms with Crippen LogP contribution < -0.4 is 10.6 Å². The molecule has 2 rings (SSSR count). The number of hydrogen-bond donors (Lipinski definition) is 2. The van der Waals surface area contributed by atoms with Crippen LogP contribution in [-0.2, 0) is 9.59 Å². The molecule has 0 aliphatic rings. The van der Waals surface area contributed by atoms with Crippen molar-refractivity contribution in [3.05, 3.63) is 29.8 Å². The van der Waals surface area contributed by atoms with Crippen molar-refractivity contribution >= 4 is 45.7 Å². The second kappa shape index (κ2) is 10.3. The van der Waals surface area contributed by atoms with Gasteiger partial charge in [0.2, 0.25) is 16.9 Å². The van der Waals surface area contributed by atoms with Gasteiger partial charge in [0, 0.05) is 19.3 Å². The van der Waals surface area contributed by atoms with E-state index in [9.17, 15) is 9.59 Å². The van der Waals surface area contributed by atoms with E-state index in [0.29, 0.717) is 5.92 Å². The molecule has 2 amide bonds. The summed E-state index contributed by atoms with van der Waals surface area (Å²) in [5.41, 5.74) is 1.84. The number of carbonyl (C=O) groups is 2. The molecule has 0 spiro atoms. The summed E-state index contributed by atoms with van der Waals surface area (Å²) in [6, 6.07) is 7.53. The smallest absolute Gasteiger partial charge is 0.243 e. The number of nitrogens with zero attached hydrogens (tertiary/aromatic N) is 3. The summed E-state index contributed by atoms with van der Waals surface area (Å²) in [4.78, 5) is 25.7. The monoisotopic (exact) mass is 407 g/mol. The zero-order chi connectivity index (χ0) is 19.8. The van der Waals surface area contributed by atoms with Gasteiger partial charge in [-0.2, -0.15) is 0 Å². The van der Waals surface area contributed by atoms with Crippen LogP contribution in [0.4, 0.5) is 10.8 Å². The van der Waals surface area contributed by atoms with Gasteiger partial charge in [-0.1, -0.05) is 54.6 Å². The quantitative estimate of drug-likeness (QED) is 0.621. The number of rotatable bonds is 9. The number of thioether (sulfide) groups is 1. The molecule has 9 heteroatoms. The summed E-state index contributed by atoms with van der Waals surface area (Å²) in [6.45, 7) is 7.05. The maximum atomic E-state index is 12.2. The number of benzene rings is 1. The maximum Gasteiger partial charge on any atom is 0.243 e. The van der Waals surface area contributed by atoms with Crippen LogP contribution in [0.3, 0.4) is 0 Å². The SMILES string of the molecule is Cc1ccc(NC(=O)CN(C)C(=O)CSc2nnc(NCC(C)C)s2)cc1. The molecule has 0 aliphatic carbocycles. The highest BCUT2D eigenvalue weighted by atomic mass is 32.2. The van der Waals surface area contributed by atoms with Gasteiger partial charge in [0.1, 0.15) is 0 Å². The van der Waals surface area contributed by atoms with Crippen molar-refractivity contribution in [2.24, 2.45) is 5.92 Å². The van der Waals surface area contributed by atoms with Crippen molar-refractivity contribution in [3.63, 3.8) is 0 Å². The highest BCUT2D eigenvalue weighted by Gasteiger charge is 2.15. The van der Waals surface area contributed by atoms with Crippen LogP contribution in [0.5, 0.6) is 0 Å². The maximum absolute atomic E-state index is 12.2. The molecule has 0 atom stereocenters. The van der Waals surface area contributed by atoms with Gasteiger partial charge in [-0.15, -0.1) is 10.2 Å². The van der Waals surface area contributed by atoms with E-state index in [0.717, 1.165) is 27.3 Å². The Morgan fingerprint density at radius 2 is 1.93 bits per heavy atom. The molecule has 0 radical (unpaired) electrons. The van der Waals surface area contributed by atoms with Crippen molar-refractivity contribution in [1.29, 1.82) is 0 Å². The van der Waals surface area contributed by atoms with Crippen molar-refractivity contribution < 1.29 is 9.59 Å². The van der Waals surface area contributed by atoms with E-state index in [1.807, 2.05) is 31.2 Å². The topological polar surface area (TPSA) is 87.2 Å². The Bertz CT molecular complexity index is 761. The Morgan fingerprint density at radius 3 is 2.59 bits per heavy atom. The third kappa shape index (κ3) is 7.56. The van der Waals surface area contributed by atoms with Crippen LogP contribution in [0.1, 0.15) is 19.4 Å². The van der Waals surface area contributed by atoms with Gasteiger partial charge in [-0.05, 0) is 25.0 Å². The second-order valence-electron chi connectivity index (χ2n) is 6.60. The molecule has 27 heavy (non-hydrogen) atoms. The van der Waals surface area contributed by atoms with Crippen LogP contribution in [0.2, 0.25) is 0 Å². The molecular formula is C18H25N5O2S2. The molecular weight excluding hydrogens is 382 g/mol. The minimum atomic E-state index is -0.226. The van der Waals surface area contributed by atoms with Crippen molar-refractivity contribution in [3.8, 4) is 0 Å². The standard InChI is InChI=1S/C18H25N5O2S2/c1-12(2)9-19-17-21-22-18(27-17)26-11-16(25)23(4)10-15(24)20-14-7-5-13(3)6-8-14/h5-8,12H,9-11H2,1-4H3,(H,19,21)(H,20,24). The molecule has 0 bridgehead atoms. The lowest BCUT2D eigenvalue weighted by atomic mass is 10.2. The zero-order valence-corrected chi connectivity index (χ0v) is 17.6. The van der Waals surface area contributed by atoms with Crippen LogP contribution in [0.15, 0.2) is 28.6 Å². The first-order chi connectivity index (χ1) is 12.8. The molecule has 0 saturated carbocycles. The average Bonchev–Trinajstić information content (AvgIpc) is 3.07. The average molecular weight is 408 g/mol. The molecule has 1 heterocycles. The molecule has 146 valence electrons. The number of anilines is 2. The van der Waals surface area contributed by atoms with E-state index < -0.39 is 0 Å². The van der Waals surface area contributed by atoms with E-state index in [2.05, 4.69) is 34.7 Å². The number of likely N-dealkylation sites (N-methyl/N-ethyl adjacent to an activating group) is 1. The minimum Gasteiger partial charge on any atom is -0.360 e. The Morgan fingerprint density at radius 1 is 1.22 bits per heavy atom. The van der Waals surface area contributed by atoms with Crippen LogP contribution >= 0.6 is 23.1 Å². The highest BCUT2D eigenvalue weighted by Crippen LogP contribution is 2.25. The Labute approximate surface area is 167 Å². The van der Waals surface area contributed by atoms with Gasteiger partial charge in [0.05, 0.1) is 12.3 Å². The van der Waals surface area contributed by atoms with Crippen LogP contribution in [-0.4, -0.2) is 52.8 Å². The van der Waals surface area contributed by atoms with Gasteiger partial charge < -0.3 is 15.5 Å². The third-order valence-electron chi connectivity index (χ3n) is 3.53.